The van der Waals surface area contributed by atoms with E-state index in [4.69, 9.17) is 23.7 Å². The number of methoxy groups -OCH3 is 3. The molecule has 0 saturated heterocycles. The molecule has 0 bridgehead atoms. The molecule has 0 aliphatic rings. The van der Waals surface area contributed by atoms with Crippen molar-refractivity contribution in [1.29, 1.82) is 0 Å². The number of carboxylic acid groups (broad SMARTS) is 1. The molecule has 21 heteroatoms. The molecule has 0 aliphatic carbocycles. The number of Topliss-reactive ketones (excluding diaryl/α,β-unsaturated/α-hetero) is 2. The van der Waals surface area contributed by atoms with Gasteiger partial charge in [0.1, 0.15) is 36.2 Å². The zero-order valence-electron chi connectivity index (χ0n) is 57.2. The van der Waals surface area contributed by atoms with E-state index >= 15 is 0 Å². The Morgan fingerprint density at radius 2 is 0.737 bits per heavy atom. The fraction of sp³-hybridized carbons (Fsp3) is 0.351. The van der Waals surface area contributed by atoms with Crippen molar-refractivity contribution < 1.29 is 67.8 Å². The second-order valence-corrected chi connectivity index (χ2v) is 24.3. The molecular formula is C74H94BrN6O14-. The largest absolute Gasteiger partial charge is 0.543 e. The Morgan fingerprint density at radius 1 is 0.463 bits per heavy atom. The number of benzene rings is 5. The van der Waals surface area contributed by atoms with Crippen LogP contribution in [0.1, 0.15) is 160 Å². The first kappa shape index (κ1) is 79.5. The number of rotatable bonds is 21. The summed E-state index contributed by atoms with van der Waals surface area (Å²) < 4.78 is 31.9. The topological polar surface area (TPSA) is 237 Å². The Bertz CT molecular complexity index is 3610. The Hall–Kier alpha value is -9.76. The van der Waals surface area contributed by atoms with E-state index in [2.05, 4.69) is 50.5 Å². The third-order valence-corrected chi connectivity index (χ3v) is 14.7. The van der Waals surface area contributed by atoms with Crippen LogP contribution >= 0.6 is 15.9 Å². The summed E-state index contributed by atoms with van der Waals surface area (Å²) in [5, 5.41) is 32.2. The number of alkyl halides is 1. The van der Waals surface area contributed by atoms with E-state index in [0.717, 1.165) is 17.0 Å². The molecule has 0 spiro atoms. The van der Waals surface area contributed by atoms with Crippen LogP contribution in [0.5, 0.6) is 40.2 Å². The number of aromatic carboxylic acids is 1. The molecule has 0 atom stereocenters. The van der Waals surface area contributed by atoms with Gasteiger partial charge >= 0.3 is 0 Å². The standard InChI is InChI=1S/C24H26N2O4.C23H24N2O5.C16H18N2O5.C7H16.C3H7Br.CH4/c1-16-21(17(2)27)26(19-11-13-20(29-5)14-12-19)22(24(28)25(3)4)23(16)30-15-18-9-7-6-8-10-18;1-15-19(23(27)28)25(17-10-12-18(29-4)13-11-17)20(22(26)24(2)3)21(15)30-14-16-8-6-5-7-9-16;1-9(19)12-14(20)15(21)13(16(22)17(2)3)18(12)10-5-7-11(23-4)8-6-10;1-4-7(5-2)6-3;1-3(2)4;/h6-14H,15H2,1-5H3;5-13H,14H2,1-4H3,(H,27,28);5-8,20-21H,1-4H3;7H,4-6H2,1-3H3;3H,1-2H3;1H4/p-1. The van der Waals surface area contributed by atoms with Gasteiger partial charge in [0, 0.05) is 89.1 Å². The van der Waals surface area contributed by atoms with E-state index in [9.17, 15) is 44.1 Å². The first-order valence-electron chi connectivity index (χ1n) is 30.5. The van der Waals surface area contributed by atoms with Crippen LogP contribution in [0.2, 0.25) is 0 Å². The van der Waals surface area contributed by atoms with Crippen molar-refractivity contribution >= 4 is 51.2 Å². The van der Waals surface area contributed by atoms with Crippen molar-refractivity contribution in [2.24, 2.45) is 5.92 Å². The highest BCUT2D eigenvalue weighted by Gasteiger charge is 2.33. The molecule has 95 heavy (non-hydrogen) atoms. The predicted molar refractivity (Wildman–Crippen MR) is 375 cm³/mol. The molecule has 2 N–H and O–H groups in total. The van der Waals surface area contributed by atoms with Crippen LogP contribution in [0.25, 0.3) is 17.1 Å². The number of carboxylic acids is 1. The molecule has 3 heterocycles. The Labute approximate surface area is 568 Å². The molecule has 0 fully saturated rings. The maximum Gasteiger partial charge on any atom is 0.274 e. The number of carbonyl (C=O) groups excluding carboxylic acids is 6. The number of hydrogen-bond donors (Lipinski definition) is 2. The number of amides is 3. The third-order valence-electron chi connectivity index (χ3n) is 14.7. The molecule has 0 aliphatic heterocycles. The van der Waals surface area contributed by atoms with E-state index in [1.165, 1.54) is 85.3 Å². The highest BCUT2D eigenvalue weighted by atomic mass is 79.9. The van der Waals surface area contributed by atoms with Crippen LogP contribution in [-0.2, 0) is 13.2 Å². The number of carbonyl (C=O) groups is 6. The van der Waals surface area contributed by atoms with E-state index in [-0.39, 0.29) is 60.2 Å². The average molecular weight is 1370 g/mol. The summed E-state index contributed by atoms with van der Waals surface area (Å²) in [5.41, 5.74) is 4.85. The van der Waals surface area contributed by atoms with Crippen LogP contribution in [-0.4, -0.2) is 142 Å². The number of aromatic nitrogens is 3. The summed E-state index contributed by atoms with van der Waals surface area (Å²) in [6, 6.07) is 39.7. The molecule has 8 aromatic rings. The van der Waals surface area contributed by atoms with Crippen molar-refractivity contribution in [2.45, 2.75) is 107 Å². The Morgan fingerprint density at radius 3 is 1.00 bits per heavy atom. The molecule has 512 valence electrons. The zero-order chi connectivity index (χ0) is 70.3. The van der Waals surface area contributed by atoms with Gasteiger partial charge in [-0.15, -0.1) is 0 Å². The van der Waals surface area contributed by atoms with Gasteiger partial charge in [0.05, 0.1) is 38.7 Å². The summed E-state index contributed by atoms with van der Waals surface area (Å²) in [4.78, 5) is 79.9. The normalized spacial score (nSPS) is 10.3. The van der Waals surface area contributed by atoms with Crippen molar-refractivity contribution in [3.05, 3.63) is 190 Å². The van der Waals surface area contributed by atoms with Crippen molar-refractivity contribution in [1.82, 2.24) is 28.4 Å². The first-order chi connectivity index (χ1) is 44.6. The predicted octanol–water partition coefficient (Wildman–Crippen LogP) is 13.8. The quantitative estimate of drug-likeness (QED) is 0.0503. The van der Waals surface area contributed by atoms with Crippen LogP contribution in [0.4, 0.5) is 0 Å². The van der Waals surface area contributed by atoms with Gasteiger partial charge in [0.25, 0.3) is 17.7 Å². The Balaban J connectivity index is 0.000000344. The highest BCUT2D eigenvalue weighted by Crippen LogP contribution is 2.40. The lowest BCUT2D eigenvalue weighted by molar-refractivity contribution is -0.255. The fourth-order valence-electron chi connectivity index (χ4n) is 9.74. The Kier molecular flexibility index (Phi) is 31.6. The number of aromatic hydroxyl groups is 2. The summed E-state index contributed by atoms with van der Waals surface area (Å²) >= 11 is 3.27. The number of nitrogens with zero attached hydrogens (tertiary/aromatic N) is 6. The minimum Gasteiger partial charge on any atom is -0.543 e. The number of ketones is 2. The lowest BCUT2D eigenvalue weighted by Gasteiger charge is -2.17. The summed E-state index contributed by atoms with van der Waals surface area (Å²) in [6.45, 7) is 17.6. The van der Waals surface area contributed by atoms with Gasteiger partial charge in [-0.05, 0) is 104 Å². The third kappa shape index (κ3) is 20.6. The van der Waals surface area contributed by atoms with Gasteiger partial charge in [-0.25, -0.2) is 0 Å². The lowest BCUT2D eigenvalue weighted by atomic mass is 10.0. The second-order valence-electron chi connectivity index (χ2n) is 22.4. The van der Waals surface area contributed by atoms with Crippen molar-refractivity contribution in [2.75, 3.05) is 63.6 Å². The second kappa shape index (κ2) is 37.8. The monoisotopic (exact) mass is 1370 g/mol. The van der Waals surface area contributed by atoms with Gasteiger partial charge < -0.3 is 63.1 Å². The van der Waals surface area contributed by atoms with E-state index in [1.807, 2.05) is 79.7 Å². The smallest absolute Gasteiger partial charge is 0.274 e. The van der Waals surface area contributed by atoms with Gasteiger partial charge in [-0.1, -0.05) is 138 Å². The molecule has 0 saturated carbocycles. The van der Waals surface area contributed by atoms with Gasteiger partial charge in [-0.3, -0.25) is 33.1 Å². The zero-order valence-corrected chi connectivity index (χ0v) is 58.8. The molecule has 5 aromatic carbocycles. The van der Waals surface area contributed by atoms with Gasteiger partial charge in [-0.2, -0.15) is 0 Å². The maximum atomic E-state index is 13.2. The van der Waals surface area contributed by atoms with Crippen molar-refractivity contribution in [3.8, 4) is 57.3 Å². The SMILES string of the molecule is C.CC(C)Br.CCC(CC)CC.COc1ccc(-n2c(C(=O)[O-])c(C)c(OCc3ccccc3)c2C(=O)N(C)C)cc1.COc1ccc(-n2c(C(C)=O)c(C)c(OCc3ccccc3)c2C(=O)N(C)C)cc1.COc1ccc(-n2c(C(C)=O)c(O)c(O)c2C(=O)N(C)C)cc1. The summed E-state index contributed by atoms with van der Waals surface area (Å²) in [6.07, 6.45) is 4.06. The van der Waals surface area contributed by atoms with E-state index in [1.54, 1.807) is 107 Å². The van der Waals surface area contributed by atoms with E-state index in [0.29, 0.717) is 74.0 Å². The fourth-order valence-corrected chi connectivity index (χ4v) is 9.74. The minimum atomic E-state index is -1.40. The van der Waals surface area contributed by atoms with E-state index < -0.39 is 29.2 Å². The average Bonchev–Trinajstić information content (AvgIpc) is 1.63. The van der Waals surface area contributed by atoms with Gasteiger partial charge in [0.15, 0.2) is 51.6 Å². The van der Waals surface area contributed by atoms with Crippen LogP contribution < -0.4 is 28.8 Å². The molecule has 20 nitrogen and oxygen atoms in total. The number of ether oxygens (including phenoxy) is 5. The highest BCUT2D eigenvalue weighted by molar-refractivity contribution is 9.09. The van der Waals surface area contributed by atoms with Crippen LogP contribution in [0.15, 0.2) is 133 Å². The summed E-state index contributed by atoms with van der Waals surface area (Å²) in [5.74, 6) is -0.918. The number of halogens is 1. The molecular weight excluding hydrogens is 1280 g/mol. The first-order valence-corrected chi connectivity index (χ1v) is 31.4. The summed E-state index contributed by atoms with van der Waals surface area (Å²) in [7, 11) is 14.2. The molecule has 3 aromatic heterocycles. The molecule has 0 radical (unpaired) electrons. The number of hydrogen-bond acceptors (Lipinski definition) is 14. The van der Waals surface area contributed by atoms with Crippen LogP contribution in [0, 0.1) is 19.8 Å². The van der Waals surface area contributed by atoms with Crippen LogP contribution in [0.3, 0.4) is 0 Å². The molecule has 8 rings (SSSR count). The minimum absolute atomic E-state index is 0. The van der Waals surface area contributed by atoms with Gasteiger partial charge in [0.2, 0.25) is 0 Å². The molecule has 3 amide bonds. The van der Waals surface area contributed by atoms with Crippen molar-refractivity contribution in [3.63, 3.8) is 0 Å². The molecule has 0 unspecified atom stereocenters. The maximum absolute atomic E-state index is 13.2. The lowest BCUT2D eigenvalue weighted by Crippen LogP contribution is -2.29.